The molecule has 6 heavy (non-hydrogen) atoms. The first kappa shape index (κ1) is 6.14. The van der Waals surface area contributed by atoms with Gasteiger partial charge in [0.15, 0.2) is 0 Å². The first-order chi connectivity index (χ1) is 2.50. The van der Waals surface area contributed by atoms with Crippen LogP contribution in [0.15, 0.2) is 6.33 Å². The maximum absolute atomic E-state index is 3.43. The van der Waals surface area contributed by atoms with Gasteiger partial charge in [-0.1, -0.05) is 0 Å². The van der Waals surface area contributed by atoms with E-state index in [4.69, 9.17) is 0 Å². The molecule has 1 rings (SSSR count). The fourth-order valence-corrected chi connectivity index (χ4v) is 0.144. The Kier molecular flexibility index (Phi) is 3.41. The molecule has 0 atom stereocenters. The molecule has 0 bridgehead atoms. The summed E-state index contributed by atoms with van der Waals surface area (Å²) in [5.74, 6) is 0. The second-order valence-corrected chi connectivity index (χ2v) is 0.599. The standard InChI is InChI=1S/C2H2N3.Na.H/c1-3-2-5-4-1;;/h1H,(H,3,4,5);;. The third-order valence-electron chi connectivity index (χ3n) is 0.295. The minimum Gasteiger partial charge on any atom is -0.265 e. The van der Waals surface area contributed by atoms with Crippen molar-refractivity contribution in [2.24, 2.45) is 0 Å². The van der Waals surface area contributed by atoms with E-state index in [9.17, 15) is 0 Å². The number of nitrogens with one attached hydrogen (secondary N) is 1. The molecule has 0 unspecified atom stereocenters. The van der Waals surface area contributed by atoms with E-state index in [0.717, 1.165) is 0 Å². The number of nitrogens with zero attached hydrogens (tertiary/aromatic N) is 2. The SMILES string of the molecule is [NaH].[c]1nc[nH]n1. The van der Waals surface area contributed by atoms with Crippen molar-refractivity contribution in [2.45, 2.75) is 0 Å². The Morgan fingerprint density at radius 3 is 2.67 bits per heavy atom. The Hall–Kier alpha value is 0.140. The van der Waals surface area contributed by atoms with E-state index in [-0.39, 0.29) is 29.6 Å². The van der Waals surface area contributed by atoms with Crippen molar-refractivity contribution >= 4 is 29.6 Å². The van der Waals surface area contributed by atoms with E-state index in [1.54, 1.807) is 0 Å². The summed E-state index contributed by atoms with van der Waals surface area (Å²) < 4.78 is 0. The molecule has 1 aromatic rings. The molecule has 4 heteroatoms. The van der Waals surface area contributed by atoms with Crippen molar-refractivity contribution in [2.75, 3.05) is 0 Å². The number of hydrogen-bond acceptors (Lipinski definition) is 2. The van der Waals surface area contributed by atoms with Crippen LogP contribution < -0.4 is 0 Å². The van der Waals surface area contributed by atoms with Gasteiger partial charge in [0, 0.05) is 0 Å². The smallest absolute Gasteiger partial charge is 0.220 e. The summed E-state index contributed by atoms with van der Waals surface area (Å²) in [6.45, 7) is 0. The van der Waals surface area contributed by atoms with E-state index < -0.39 is 0 Å². The second kappa shape index (κ2) is 3.33. The van der Waals surface area contributed by atoms with Crippen LogP contribution in [0.4, 0.5) is 0 Å². The molecule has 1 radical (unpaired) electrons. The Bertz CT molecular complexity index is 65.3. The van der Waals surface area contributed by atoms with Crippen LogP contribution in [0, 0.1) is 6.33 Å². The molecule has 0 aliphatic carbocycles. The fourth-order valence-electron chi connectivity index (χ4n) is 0.144. The van der Waals surface area contributed by atoms with Crippen LogP contribution in [0.2, 0.25) is 0 Å². The Labute approximate surface area is 57.5 Å². The van der Waals surface area contributed by atoms with Crippen molar-refractivity contribution in [1.29, 1.82) is 0 Å². The monoisotopic (exact) mass is 92.0 g/mol. The third kappa shape index (κ3) is 1.55. The molecular formula is C2H3N3Na. The molecule has 1 heterocycles. The van der Waals surface area contributed by atoms with Crippen LogP contribution in [0.25, 0.3) is 0 Å². The maximum atomic E-state index is 3.43. The normalized spacial score (nSPS) is 6.67. The molecule has 1 N–H and O–H groups in total. The summed E-state index contributed by atoms with van der Waals surface area (Å²) in [7, 11) is 0. The average molecular weight is 92.1 g/mol. The number of aromatic amines is 1. The molecule has 27 valence electrons. The zero-order valence-electron chi connectivity index (χ0n) is 2.47. The second-order valence-electron chi connectivity index (χ2n) is 0.599. The summed E-state index contributed by atoms with van der Waals surface area (Å²) in [5, 5.41) is 5.81. The van der Waals surface area contributed by atoms with E-state index in [2.05, 4.69) is 21.5 Å². The number of rotatable bonds is 0. The van der Waals surface area contributed by atoms with Gasteiger partial charge in [0.05, 0.1) is 0 Å². The van der Waals surface area contributed by atoms with Crippen molar-refractivity contribution < 1.29 is 0 Å². The summed E-state index contributed by atoms with van der Waals surface area (Å²) in [6, 6.07) is 0. The van der Waals surface area contributed by atoms with Crippen LogP contribution in [-0.4, -0.2) is 44.7 Å². The van der Waals surface area contributed by atoms with Gasteiger partial charge in [0.2, 0.25) is 6.33 Å². The van der Waals surface area contributed by atoms with Crippen LogP contribution in [0.1, 0.15) is 0 Å². The molecule has 0 saturated carbocycles. The third-order valence-corrected chi connectivity index (χ3v) is 0.295. The van der Waals surface area contributed by atoms with Crippen molar-refractivity contribution in [3.8, 4) is 0 Å². The zero-order chi connectivity index (χ0) is 3.54. The van der Waals surface area contributed by atoms with Crippen LogP contribution in [-0.2, 0) is 0 Å². The van der Waals surface area contributed by atoms with E-state index >= 15 is 0 Å². The van der Waals surface area contributed by atoms with Crippen molar-refractivity contribution in [1.82, 2.24) is 15.2 Å². The molecule has 0 saturated heterocycles. The Balaban J connectivity index is 0.000000250. The predicted molar refractivity (Wildman–Crippen MR) is 22.4 cm³/mol. The van der Waals surface area contributed by atoms with E-state index in [1.165, 1.54) is 6.33 Å². The zero-order valence-corrected chi connectivity index (χ0v) is 2.47. The van der Waals surface area contributed by atoms with Gasteiger partial charge in [0.1, 0.15) is 6.33 Å². The number of H-pyrrole nitrogens is 1. The van der Waals surface area contributed by atoms with Crippen LogP contribution in [0.3, 0.4) is 0 Å². The van der Waals surface area contributed by atoms with Gasteiger partial charge in [-0.3, -0.25) is 5.10 Å². The van der Waals surface area contributed by atoms with Gasteiger partial charge in [-0.25, -0.2) is 4.98 Å². The summed E-state index contributed by atoms with van der Waals surface area (Å²) in [6.07, 6.45) is 3.76. The quantitative estimate of drug-likeness (QED) is 0.415. The van der Waals surface area contributed by atoms with Crippen LogP contribution in [0.5, 0.6) is 0 Å². The minimum absolute atomic E-state index is 0. The molecular weight excluding hydrogens is 89.0 g/mol. The molecule has 0 aromatic carbocycles. The maximum Gasteiger partial charge on any atom is 0.220 e. The number of aromatic nitrogens is 3. The minimum atomic E-state index is 0. The topological polar surface area (TPSA) is 41.6 Å². The van der Waals surface area contributed by atoms with Gasteiger partial charge in [0.25, 0.3) is 0 Å². The Morgan fingerprint density at radius 1 is 1.67 bits per heavy atom. The molecule has 1 aromatic heterocycles. The van der Waals surface area contributed by atoms with Gasteiger partial charge >= 0.3 is 29.6 Å². The molecule has 0 fully saturated rings. The summed E-state index contributed by atoms with van der Waals surface area (Å²) >= 11 is 0. The van der Waals surface area contributed by atoms with Gasteiger partial charge < -0.3 is 0 Å². The first-order valence-electron chi connectivity index (χ1n) is 1.22. The molecule has 0 amide bonds. The predicted octanol–water partition coefficient (Wildman–Crippen LogP) is -1.04. The summed E-state index contributed by atoms with van der Waals surface area (Å²) in [4.78, 5) is 3.43. The molecule has 0 aliphatic heterocycles. The fraction of sp³-hybridized carbons (Fsp3) is 0. The first-order valence-corrected chi connectivity index (χ1v) is 1.22. The molecule has 3 nitrogen and oxygen atoms in total. The van der Waals surface area contributed by atoms with Crippen LogP contribution >= 0.6 is 0 Å². The number of hydrogen-bond donors (Lipinski definition) is 1. The molecule has 0 aliphatic rings. The van der Waals surface area contributed by atoms with Crippen molar-refractivity contribution in [3.05, 3.63) is 12.7 Å². The van der Waals surface area contributed by atoms with Gasteiger partial charge in [-0.2, -0.15) is 5.10 Å². The van der Waals surface area contributed by atoms with Gasteiger partial charge in [-0.15, -0.1) is 0 Å². The summed E-state index contributed by atoms with van der Waals surface area (Å²) in [5.41, 5.74) is 0. The Morgan fingerprint density at radius 2 is 2.50 bits per heavy atom. The molecule has 0 spiro atoms. The van der Waals surface area contributed by atoms with E-state index in [0.29, 0.717) is 0 Å². The average Bonchev–Trinajstić information content (AvgIpc) is 1.76. The van der Waals surface area contributed by atoms with E-state index in [1.807, 2.05) is 0 Å². The largest absolute Gasteiger partial charge is 0.265 e. The van der Waals surface area contributed by atoms with Gasteiger partial charge in [-0.05, 0) is 0 Å². The van der Waals surface area contributed by atoms with Crippen molar-refractivity contribution in [3.63, 3.8) is 0 Å².